The van der Waals surface area contributed by atoms with E-state index in [-0.39, 0.29) is 23.4 Å². The van der Waals surface area contributed by atoms with Gasteiger partial charge in [-0.15, -0.1) is 0 Å². The Morgan fingerprint density at radius 1 is 1.08 bits per heavy atom. The predicted octanol–water partition coefficient (Wildman–Crippen LogP) is 4.79. The van der Waals surface area contributed by atoms with E-state index in [1.165, 1.54) is 24.1 Å². The van der Waals surface area contributed by atoms with Gasteiger partial charge >= 0.3 is 0 Å². The van der Waals surface area contributed by atoms with Crippen LogP contribution in [0.3, 0.4) is 0 Å². The van der Waals surface area contributed by atoms with Crippen LogP contribution in [0, 0.1) is 6.92 Å². The highest BCUT2D eigenvalue weighted by molar-refractivity contribution is 7.89. The van der Waals surface area contributed by atoms with E-state index < -0.39 is 28.5 Å². The summed E-state index contributed by atoms with van der Waals surface area (Å²) in [6.07, 6.45) is 4.32. The topological polar surface area (TPSA) is 86.8 Å². The normalized spacial score (nSPS) is 15.2. The predicted molar refractivity (Wildman–Crippen MR) is 142 cm³/mol. The molecule has 196 valence electrons. The Morgan fingerprint density at radius 2 is 1.72 bits per heavy atom. The summed E-state index contributed by atoms with van der Waals surface area (Å²) in [7, 11) is -2.54. The van der Waals surface area contributed by atoms with Crippen LogP contribution in [0.25, 0.3) is 0 Å². The Morgan fingerprint density at radius 3 is 2.31 bits per heavy atom. The Balaban J connectivity index is 1.86. The van der Waals surface area contributed by atoms with Gasteiger partial charge in [0.05, 0.1) is 11.4 Å². The first-order valence-electron chi connectivity index (χ1n) is 12.1. The smallest absolute Gasteiger partial charge is 0.243 e. The number of hydrogen-bond acceptors (Lipinski definition) is 4. The molecule has 1 aliphatic carbocycles. The lowest BCUT2D eigenvalue weighted by atomic mass is 10.1. The molecule has 1 unspecified atom stereocenters. The van der Waals surface area contributed by atoms with E-state index >= 15 is 0 Å². The third kappa shape index (κ3) is 7.00. The van der Waals surface area contributed by atoms with Gasteiger partial charge in [-0.3, -0.25) is 9.59 Å². The van der Waals surface area contributed by atoms with E-state index in [2.05, 4.69) is 5.32 Å². The molecule has 2 amide bonds. The first-order valence-corrected chi connectivity index (χ1v) is 14.3. The highest BCUT2D eigenvalue weighted by Crippen LogP contribution is 2.25. The van der Waals surface area contributed by atoms with Crippen LogP contribution in [0.4, 0.5) is 0 Å². The number of aryl methyl sites for hydroxylation is 1. The van der Waals surface area contributed by atoms with Gasteiger partial charge in [0, 0.05) is 29.7 Å². The number of carbonyl (C=O) groups excluding carboxylic acids is 2. The first kappa shape index (κ1) is 28.4. The van der Waals surface area contributed by atoms with Gasteiger partial charge in [0.25, 0.3) is 0 Å². The number of amides is 2. The van der Waals surface area contributed by atoms with Crippen LogP contribution in [-0.2, 0) is 26.2 Å². The maximum atomic E-state index is 13.6. The highest BCUT2D eigenvalue weighted by atomic mass is 35.5. The number of benzene rings is 2. The lowest BCUT2D eigenvalue weighted by molar-refractivity contribution is -0.141. The molecule has 1 aliphatic rings. The molecule has 1 saturated carbocycles. The SMILES string of the molecule is CCC(C(=O)NC1CCCC1)N(Cc1ccc(Cl)cc1Cl)C(=O)CN(C)S(=O)(=O)c1ccc(C)cc1. The number of likely N-dealkylation sites (N-methyl/N-ethyl adjacent to an activating group) is 1. The second-order valence-corrected chi connectivity index (χ2v) is 12.1. The molecule has 0 spiro atoms. The Kier molecular flexibility index (Phi) is 9.80. The molecule has 0 radical (unpaired) electrons. The summed E-state index contributed by atoms with van der Waals surface area (Å²) in [6.45, 7) is 3.32. The minimum Gasteiger partial charge on any atom is -0.352 e. The van der Waals surface area contributed by atoms with Gasteiger partial charge in [0.1, 0.15) is 6.04 Å². The molecule has 0 bridgehead atoms. The molecule has 1 fully saturated rings. The Labute approximate surface area is 223 Å². The fourth-order valence-corrected chi connectivity index (χ4v) is 5.97. The van der Waals surface area contributed by atoms with E-state index in [9.17, 15) is 18.0 Å². The largest absolute Gasteiger partial charge is 0.352 e. The average Bonchev–Trinajstić information content (AvgIpc) is 3.33. The van der Waals surface area contributed by atoms with Crippen LogP contribution < -0.4 is 5.32 Å². The first-order chi connectivity index (χ1) is 17.0. The molecular formula is C26H33Cl2N3O4S. The molecule has 1 atom stereocenters. The maximum Gasteiger partial charge on any atom is 0.243 e. The van der Waals surface area contributed by atoms with Gasteiger partial charge in [0.2, 0.25) is 21.8 Å². The quantitative estimate of drug-likeness (QED) is 0.458. The van der Waals surface area contributed by atoms with Crippen LogP contribution in [0.2, 0.25) is 10.0 Å². The number of halogens is 2. The van der Waals surface area contributed by atoms with Gasteiger partial charge in [-0.2, -0.15) is 4.31 Å². The molecule has 10 heteroatoms. The average molecular weight is 555 g/mol. The summed E-state index contributed by atoms with van der Waals surface area (Å²) in [5.74, 6) is -0.737. The van der Waals surface area contributed by atoms with E-state index in [1.54, 1.807) is 30.3 Å². The zero-order valence-corrected chi connectivity index (χ0v) is 23.2. The zero-order valence-electron chi connectivity index (χ0n) is 20.8. The molecule has 0 aromatic heterocycles. The third-order valence-corrected chi connectivity index (χ3v) is 8.93. The van der Waals surface area contributed by atoms with Crippen LogP contribution in [0.1, 0.15) is 50.2 Å². The molecule has 0 heterocycles. The Hall–Kier alpha value is -2.13. The second-order valence-electron chi connectivity index (χ2n) is 9.25. The molecule has 1 N–H and O–H groups in total. The lowest BCUT2D eigenvalue weighted by Gasteiger charge is -2.33. The summed E-state index contributed by atoms with van der Waals surface area (Å²) in [5, 5.41) is 3.89. The minimum atomic E-state index is -3.90. The van der Waals surface area contributed by atoms with Gasteiger partial charge in [-0.05, 0) is 56.0 Å². The van der Waals surface area contributed by atoms with Crippen LogP contribution in [0.5, 0.6) is 0 Å². The Bertz CT molecular complexity index is 1180. The van der Waals surface area contributed by atoms with Crippen molar-refractivity contribution in [3.05, 3.63) is 63.6 Å². The highest BCUT2D eigenvalue weighted by Gasteiger charge is 2.33. The van der Waals surface area contributed by atoms with Crippen LogP contribution >= 0.6 is 23.2 Å². The van der Waals surface area contributed by atoms with Crippen molar-refractivity contribution >= 4 is 45.0 Å². The molecule has 0 aliphatic heterocycles. The van der Waals surface area contributed by atoms with Crippen LogP contribution in [0.15, 0.2) is 47.4 Å². The van der Waals surface area contributed by atoms with Gasteiger partial charge in [-0.25, -0.2) is 8.42 Å². The summed E-state index contributed by atoms with van der Waals surface area (Å²) in [5.41, 5.74) is 1.54. The molecule has 2 aromatic carbocycles. The molecule has 3 rings (SSSR count). The molecule has 2 aromatic rings. The second kappa shape index (κ2) is 12.4. The van der Waals surface area contributed by atoms with Crippen molar-refractivity contribution in [3.63, 3.8) is 0 Å². The molecular weight excluding hydrogens is 521 g/mol. The summed E-state index contributed by atoms with van der Waals surface area (Å²) in [6, 6.07) is 10.7. The van der Waals surface area contributed by atoms with Crippen molar-refractivity contribution in [2.45, 2.75) is 69.5 Å². The van der Waals surface area contributed by atoms with Gasteiger partial charge in [-0.1, -0.05) is 66.7 Å². The number of carbonyl (C=O) groups is 2. The lowest BCUT2D eigenvalue weighted by Crippen LogP contribution is -2.53. The summed E-state index contributed by atoms with van der Waals surface area (Å²) in [4.78, 5) is 28.3. The minimum absolute atomic E-state index is 0.0455. The maximum absolute atomic E-state index is 13.6. The van der Waals surface area contributed by atoms with Crippen molar-refractivity contribution in [3.8, 4) is 0 Å². The number of sulfonamides is 1. The van der Waals surface area contributed by atoms with Crippen molar-refractivity contribution in [2.75, 3.05) is 13.6 Å². The third-order valence-electron chi connectivity index (χ3n) is 6.53. The zero-order chi connectivity index (χ0) is 26.5. The summed E-state index contributed by atoms with van der Waals surface area (Å²) < 4.78 is 27.2. The monoisotopic (exact) mass is 553 g/mol. The number of hydrogen-bond donors (Lipinski definition) is 1. The fraction of sp³-hybridized carbons (Fsp3) is 0.462. The van der Waals surface area contributed by atoms with Crippen molar-refractivity contribution in [2.24, 2.45) is 0 Å². The molecule has 7 nitrogen and oxygen atoms in total. The molecule has 36 heavy (non-hydrogen) atoms. The van der Waals surface area contributed by atoms with Crippen molar-refractivity contribution in [1.29, 1.82) is 0 Å². The summed E-state index contributed by atoms with van der Waals surface area (Å²) >= 11 is 12.4. The van der Waals surface area contributed by atoms with E-state index in [1.807, 2.05) is 13.8 Å². The molecule has 0 saturated heterocycles. The standard InChI is InChI=1S/C26H33Cl2N3O4S/c1-4-24(26(33)29-21-7-5-6-8-21)31(16-19-11-12-20(27)15-23(19)28)25(32)17-30(3)36(34,35)22-13-9-18(2)10-14-22/h9-15,21,24H,4-8,16-17H2,1-3H3,(H,29,33). The van der Waals surface area contributed by atoms with E-state index in [0.29, 0.717) is 22.0 Å². The number of nitrogens with zero attached hydrogens (tertiary/aromatic N) is 2. The van der Waals surface area contributed by atoms with E-state index in [4.69, 9.17) is 23.2 Å². The van der Waals surface area contributed by atoms with Crippen LogP contribution in [-0.4, -0.2) is 55.1 Å². The van der Waals surface area contributed by atoms with Gasteiger partial charge < -0.3 is 10.2 Å². The van der Waals surface area contributed by atoms with E-state index in [0.717, 1.165) is 35.6 Å². The fourth-order valence-electron chi connectivity index (χ4n) is 4.38. The number of rotatable bonds is 10. The number of nitrogens with one attached hydrogen (secondary N) is 1. The van der Waals surface area contributed by atoms with Crippen molar-refractivity contribution < 1.29 is 18.0 Å². The van der Waals surface area contributed by atoms with Crippen molar-refractivity contribution in [1.82, 2.24) is 14.5 Å². The van der Waals surface area contributed by atoms with Gasteiger partial charge in [0.15, 0.2) is 0 Å².